The van der Waals surface area contributed by atoms with E-state index in [4.69, 9.17) is 12.2 Å². The van der Waals surface area contributed by atoms with E-state index in [1.165, 1.54) is 0 Å². The number of nitrogens with zero attached hydrogens (tertiary/aromatic N) is 4. The molecule has 3 heterocycles. The van der Waals surface area contributed by atoms with Crippen LogP contribution in [0.15, 0.2) is 30.6 Å². The van der Waals surface area contributed by atoms with Crippen molar-refractivity contribution in [1.82, 2.24) is 24.3 Å². The third-order valence-electron chi connectivity index (χ3n) is 2.87. The maximum absolute atomic E-state index is 5.33. The highest BCUT2D eigenvalue weighted by Gasteiger charge is 2.05. The van der Waals surface area contributed by atoms with Gasteiger partial charge in [0.1, 0.15) is 0 Å². The van der Waals surface area contributed by atoms with Gasteiger partial charge >= 0.3 is 0 Å². The maximum Gasteiger partial charge on any atom is 0.179 e. The molecule has 0 spiro atoms. The number of H-pyrrole nitrogens is 1. The van der Waals surface area contributed by atoms with Crippen molar-refractivity contribution in [3.05, 3.63) is 41.1 Å². The standard InChI is InChI=1S/C12H13N5S/c1-9-3-4-10-11(14-9)17(12(18)15-10)8-7-16-6-2-5-13-16/h2-6H,7-8H2,1H3,(H,15,18). The van der Waals surface area contributed by atoms with Crippen LogP contribution in [-0.2, 0) is 13.1 Å². The zero-order valence-corrected chi connectivity index (χ0v) is 10.8. The Morgan fingerprint density at radius 2 is 2.22 bits per heavy atom. The number of hydrogen-bond donors (Lipinski definition) is 1. The van der Waals surface area contributed by atoms with Gasteiger partial charge in [-0.25, -0.2) is 4.98 Å². The van der Waals surface area contributed by atoms with Gasteiger partial charge in [0.25, 0.3) is 0 Å². The molecular weight excluding hydrogens is 246 g/mol. The van der Waals surface area contributed by atoms with Crippen LogP contribution in [0.4, 0.5) is 0 Å². The van der Waals surface area contributed by atoms with E-state index in [9.17, 15) is 0 Å². The van der Waals surface area contributed by atoms with Gasteiger partial charge in [-0.2, -0.15) is 5.10 Å². The van der Waals surface area contributed by atoms with E-state index in [1.54, 1.807) is 6.20 Å². The van der Waals surface area contributed by atoms with Crippen LogP contribution >= 0.6 is 12.2 Å². The van der Waals surface area contributed by atoms with E-state index in [-0.39, 0.29) is 0 Å². The molecule has 1 N–H and O–H groups in total. The smallest absolute Gasteiger partial charge is 0.179 e. The second-order valence-corrected chi connectivity index (χ2v) is 4.56. The van der Waals surface area contributed by atoms with Crippen LogP contribution in [0.3, 0.4) is 0 Å². The maximum atomic E-state index is 5.33. The van der Waals surface area contributed by atoms with E-state index >= 15 is 0 Å². The normalized spacial score (nSPS) is 11.2. The molecule has 0 amide bonds. The second-order valence-electron chi connectivity index (χ2n) is 4.17. The second kappa shape index (κ2) is 4.38. The summed E-state index contributed by atoms with van der Waals surface area (Å²) in [6.07, 6.45) is 3.72. The molecule has 5 nitrogen and oxygen atoms in total. The molecule has 3 aromatic rings. The fourth-order valence-electron chi connectivity index (χ4n) is 1.97. The first-order chi connectivity index (χ1) is 8.74. The average molecular weight is 259 g/mol. The molecule has 0 saturated carbocycles. The van der Waals surface area contributed by atoms with Crippen molar-refractivity contribution in [1.29, 1.82) is 0 Å². The first-order valence-electron chi connectivity index (χ1n) is 5.77. The van der Waals surface area contributed by atoms with Crippen molar-refractivity contribution >= 4 is 23.4 Å². The molecule has 0 bridgehead atoms. The number of rotatable bonds is 3. The third-order valence-corrected chi connectivity index (χ3v) is 3.19. The summed E-state index contributed by atoms with van der Waals surface area (Å²) in [4.78, 5) is 7.70. The molecule has 0 atom stereocenters. The van der Waals surface area contributed by atoms with Crippen molar-refractivity contribution in [2.75, 3.05) is 0 Å². The highest BCUT2D eigenvalue weighted by Crippen LogP contribution is 2.12. The third kappa shape index (κ3) is 1.95. The molecule has 0 unspecified atom stereocenters. The number of fused-ring (bicyclic) bond motifs is 1. The fraction of sp³-hybridized carbons (Fsp3) is 0.250. The minimum atomic E-state index is 0.704. The Morgan fingerprint density at radius 3 is 3.00 bits per heavy atom. The van der Waals surface area contributed by atoms with Crippen molar-refractivity contribution < 1.29 is 0 Å². The summed E-state index contributed by atoms with van der Waals surface area (Å²) in [5, 5.41) is 4.18. The molecule has 0 radical (unpaired) electrons. The highest BCUT2D eigenvalue weighted by molar-refractivity contribution is 7.71. The van der Waals surface area contributed by atoms with Crippen LogP contribution in [0.5, 0.6) is 0 Å². The van der Waals surface area contributed by atoms with Crippen molar-refractivity contribution in [2.45, 2.75) is 20.0 Å². The molecule has 0 aliphatic carbocycles. The summed E-state index contributed by atoms with van der Waals surface area (Å²) in [5.41, 5.74) is 2.88. The van der Waals surface area contributed by atoms with Crippen LogP contribution < -0.4 is 0 Å². The Balaban J connectivity index is 1.98. The van der Waals surface area contributed by atoms with Gasteiger partial charge in [0, 0.05) is 24.6 Å². The fourth-order valence-corrected chi connectivity index (χ4v) is 2.26. The van der Waals surface area contributed by atoms with Gasteiger partial charge in [-0.3, -0.25) is 9.25 Å². The number of aromatic amines is 1. The van der Waals surface area contributed by atoms with E-state index in [0.29, 0.717) is 4.77 Å². The number of pyridine rings is 1. The molecule has 0 fully saturated rings. The monoisotopic (exact) mass is 259 g/mol. The molecule has 92 valence electrons. The Morgan fingerprint density at radius 1 is 1.33 bits per heavy atom. The van der Waals surface area contributed by atoms with Crippen LogP contribution in [-0.4, -0.2) is 24.3 Å². The molecule has 0 saturated heterocycles. The van der Waals surface area contributed by atoms with Crippen LogP contribution in [0.25, 0.3) is 11.2 Å². The lowest BCUT2D eigenvalue weighted by Crippen LogP contribution is -2.08. The lowest BCUT2D eigenvalue weighted by atomic mass is 10.3. The SMILES string of the molecule is Cc1ccc2[nH]c(=S)n(CCn3cccn3)c2n1. The van der Waals surface area contributed by atoms with E-state index in [2.05, 4.69) is 15.1 Å². The number of nitrogens with one attached hydrogen (secondary N) is 1. The summed E-state index contributed by atoms with van der Waals surface area (Å²) in [6, 6.07) is 5.90. The predicted molar refractivity (Wildman–Crippen MR) is 71.9 cm³/mol. The van der Waals surface area contributed by atoms with Gasteiger partial charge < -0.3 is 4.98 Å². The van der Waals surface area contributed by atoms with Gasteiger partial charge in [0.2, 0.25) is 0 Å². The number of hydrogen-bond acceptors (Lipinski definition) is 3. The molecule has 0 aromatic carbocycles. The lowest BCUT2D eigenvalue weighted by Gasteiger charge is -2.04. The molecule has 0 aliphatic rings. The predicted octanol–water partition coefficient (Wildman–Crippen LogP) is 2.30. The molecule has 18 heavy (non-hydrogen) atoms. The minimum absolute atomic E-state index is 0.704. The summed E-state index contributed by atoms with van der Waals surface area (Å²) in [6.45, 7) is 3.52. The first-order valence-corrected chi connectivity index (χ1v) is 6.18. The van der Waals surface area contributed by atoms with Gasteiger partial charge in [0.15, 0.2) is 10.4 Å². The first kappa shape index (κ1) is 11.2. The number of aryl methyl sites for hydroxylation is 3. The molecule has 3 rings (SSSR count). The van der Waals surface area contributed by atoms with Crippen LogP contribution in [0.1, 0.15) is 5.69 Å². The van der Waals surface area contributed by atoms with Crippen molar-refractivity contribution in [3.8, 4) is 0 Å². The van der Waals surface area contributed by atoms with Gasteiger partial charge in [0.05, 0.1) is 12.1 Å². The molecular formula is C12H13N5S. The lowest BCUT2D eigenvalue weighted by molar-refractivity contribution is 0.536. The summed E-state index contributed by atoms with van der Waals surface area (Å²) >= 11 is 5.33. The largest absolute Gasteiger partial charge is 0.329 e. The molecule has 3 aromatic heterocycles. The topological polar surface area (TPSA) is 51.4 Å². The van der Waals surface area contributed by atoms with Crippen LogP contribution in [0.2, 0.25) is 0 Å². The van der Waals surface area contributed by atoms with E-state index in [0.717, 1.165) is 29.9 Å². The zero-order chi connectivity index (χ0) is 12.5. The minimum Gasteiger partial charge on any atom is -0.329 e. The van der Waals surface area contributed by atoms with Crippen molar-refractivity contribution in [3.63, 3.8) is 0 Å². The summed E-state index contributed by atoms with van der Waals surface area (Å²) in [7, 11) is 0. The number of imidazole rings is 1. The van der Waals surface area contributed by atoms with Crippen molar-refractivity contribution in [2.24, 2.45) is 0 Å². The molecule has 6 heteroatoms. The Hall–Kier alpha value is -1.95. The number of aromatic nitrogens is 5. The van der Waals surface area contributed by atoms with Gasteiger partial charge in [-0.1, -0.05) is 0 Å². The van der Waals surface area contributed by atoms with E-state index in [1.807, 2.05) is 40.6 Å². The van der Waals surface area contributed by atoms with E-state index < -0.39 is 0 Å². The summed E-state index contributed by atoms with van der Waals surface area (Å²) < 4.78 is 4.60. The molecule has 0 aliphatic heterocycles. The zero-order valence-electron chi connectivity index (χ0n) is 10.00. The summed E-state index contributed by atoms with van der Waals surface area (Å²) in [5.74, 6) is 0. The Labute approximate surface area is 109 Å². The van der Waals surface area contributed by atoms with Crippen LogP contribution in [0, 0.1) is 11.7 Å². The average Bonchev–Trinajstić information content (AvgIpc) is 2.94. The Kier molecular flexibility index (Phi) is 2.71. The quantitative estimate of drug-likeness (QED) is 0.734. The van der Waals surface area contributed by atoms with Gasteiger partial charge in [-0.15, -0.1) is 0 Å². The van der Waals surface area contributed by atoms with Gasteiger partial charge in [-0.05, 0) is 37.3 Å². The highest BCUT2D eigenvalue weighted by atomic mass is 32.1. The Bertz CT molecular complexity index is 723.